The maximum Gasteiger partial charge on any atom is 0.338 e. The summed E-state index contributed by atoms with van der Waals surface area (Å²) in [7, 11) is 1.59. The van der Waals surface area contributed by atoms with Crippen LogP contribution in [-0.4, -0.2) is 24.3 Å². The van der Waals surface area contributed by atoms with Crippen LogP contribution in [0, 0.1) is 0 Å². The first-order chi connectivity index (χ1) is 20.5. The molecule has 1 aliphatic heterocycles. The summed E-state index contributed by atoms with van der Waals surface area (Å²) >= 11 is 7.26. The summed E-state index contributed by atoms with van der Waals surface area (Å²) in [6.07, 6.45) is 1.70. The first-order valence-corrected chi connectivity index (χ1v) is 14.4. The molecule has 42 heavy (non-hydrogen) atoms. The number of nitrogens with zero attached hydrogens (tertiary/aromatic N) is 2. The molecule has 0 bridgehead atoms. The zero-order chi connectivity index (χ0) is 29.2. The average molecular weight is 597 g/mol. The Kier molecular flexibility index (Phi) is 7.65. The lowest BCUT2D eigenvalue weighted by molar-refractivity contribution is -0.138. The van der Waals surface area contributed by atoms with E-state index in [0.717, 1.165) is 16.7 Å². The van der Waals surface area contributed by atoms with Crippen molar-refractivity contribution in [2.75, 3.05) is 13.7 Å². The zero-order valence-corrected chi connectivity index (χ0v) is 24.3. The van der Waals surface area contributed by atoms with E-state index in [0.29, 0.717) is 37.3 Å². The third kappa shape index (κ3) is 5.22. The number of esters is 1. The van der Waals surface area contributed by atoms with Gasteiger partial charge in [0.2, 0.25) is 0 Å². The van der Waals surface area contributed by atoms with Crippen molar-refractivity contribution in [2.24, 2.45) is 4.99 Å². The minimum Gasteiger partial charge on any atom is -0.497 e. The number of rotatable bonds is 7. The van der Waals surface area contributed by atoms with Crippen molar-refractivity contribution in [2.45, 2.75) is 13.0 Å². The maximum atomic E-state index is 14.0. The standard InChI is InChI=1S/C33H25ClN2O5S/c1-3-40-32(38)28-29(21-7-5-4-6-8-21)35-33-36(30(28)22-11-15-24(39-2)16-12-22)31(37)27(42-33)19-25-17-18-26(41-25)20-9-13-23(34)14-10-20/h4-19,30H,3H2,1-2H3/b27-19-/t30-/m1/s1. The quantitative estimate of drug-likeness (QED) is 0.220. The smallest absolute Gasteiger partial charge is 0.338 e. The van der Waals surface area contributed by atoms with Crippen LogP contribution in [0.1, 0.15) is 29.9 Å². The Bertz CT molecular complexity index is 1970. The fraction of sp³-hybridized carbons (Fsp3) is 0.121. The molecule has 3 aromatic carbocycles. The van der Waals surface area contributed by atoms with E-state index >= 15 is 0 Å². The molecule has 5 aromatic rings. The molecule has 0 unspecified atom stereocenters. The van der Waals surface area contributed by atoms with Gasteiger partial charge < -0.3 is 13.9 Å². The summed E-state index contributed by atoms with van der Waals surface area (Å²) in [6, 6.07) is 26.9. The van der Waals surface area contributed by atoms with Gasteiger partial charge in [-0.25, -0.2) is 9.79 Å². The highest BCUT2D eigenvalue weighted by Crippen LogP contribution is 2.35. The number of carbonyl (C=O) groups excluding carboxylic acids is 1. The number of furan rings is 1. The van der Waals surface area contributed by atoms with Gasteiger partial charge in [0, 0.05) is 22.2 Å². The van der Waals surface area contributed by atoms with Crippen LogP contribution in [0.4, 0.5) is 0 Å². The normalized spacial score (nSPS) is 14.8. The number of fused-ring (bicyclic) bond motifs is 1. The Labute approximate surface area is 250 Å². The van der Waals surface area contributed by atoms with Crippen molar-refractivity contribution < 1.29 is 18.7 Å². The number of hydrogen-bond acceptors (Lipinski definition) is 7. The molecule has 210 valence electrons. The largest absolute Gasteiger partial charge is 0.497 e. The van der Waals surface area contributed by atoms with Gasteiger partial charge in [-0.2, -0.15) is 0 Å². The predicted octanol–water partition coefficient (Wildman–Crippen LogP) is 5.86. The Hall–Kier alpha value is -4.66. The number of aromatic nitrogens is 1. The number of carbonyl (C=O) groups is 1. The number of thiazole rings is 1. The van der Waals surface area contributed by atoms with E-state index in [4.69, 9.17) is 30.5 Å². The van der Waals surface area contributed by atoms with Crippen LogP contribution >= 0.6 is 22.9 Å². The van der Waals surface area contributed by atoms with E-state index < -0.39 is 12.0 Å². The first kappa shape index (κ1) is 27.5. The molecule has 1 atom stereocenters. The van der Waals surface area contributed by atoms with Crippen molar-refractivity contribution in [1.29, 1.82) is 0 Å². The van der Waals surface area contributed by atoms with E-state index in [1.807, 2.05) is 66.7 Å². The second kappa shape index (κ2) is 11.7. The molecule has 0 N–H and O–H groups in total. The number of benzene rings is 3. The molecule has 6 rings (SSSR count). The lowest BCUT2D eigenvalue weighted by Crippen LogP contribution is -2.40. The van der Waals surface area contributed by atoms with E-state index in [-0.39, 0.29) is 17.7 Å². The van der Waals surface area contributed by atoms with Gasteiger partial charge >= 0.3 is 5.97 Å². The third-order valence-corrected chi connectivity index (χ3v) is 8.07. The summed E-state index contributed by atoms with van der Waals surface area (Å²) in [5, 5.41) is 0.634. The fourth-order valence-electron chi connectivity index (χ4n) is 4.87. The van der Waals surface area contributed by atoms with Gasteiger partial charge in [-0.05, 0) is 61.0 Å². The molecule has 3 heterocycles. The molecule has 0 spiro atoms. The molecule has 9 heteroatoms. The second-order valence-corrected chi connectivity index (χ2v) is 10.9. The highest BCUT2D eigenvalue weighted by Gasteiger charge is 2.35. The summed E-state index contributed by atoms with van der Waals surface area (Å²) < 4.78 is 18.9. The van der Waals surface area contributed by atoms with Gasteiger partial charge in [-0.15, -0.1) is 0 Å². The molecule has 1 aliphatic rings. The SMILES string of the molecule is CCOC(=O)C1=C(c2ccccc2)N=c2s/c(=C\c3ccc(-c4ccc(Cl)cc4)o3)c(=O)n2[C@@H]1c1ccc(OC)cc1. The van der Waals surface area contributed by atoms with Gasteiger partial charge in [-0.1, -0.05) is 65.4 Å². The molecule has 0 saturated heterocycles. The summed E-state index contributed by atoms with van der Waals surface area (Å²) in [5.41, 5.74) is 2.79. The molecule has 0 saturated carbocycles. The van der Waals surface area contributed by atoms with Crippen LogP contribution in [0.2, 0.25) is 5.02 Å². The fourth-order valence-corrected chi connectivity index (χ4v) is 5.98. The summed E-state index contributed by atoms with van der Waals surface area (Å²) in [4.78, 5) is 32.9. The Morgan fingerprint density at radius 1 is 1.00 bits per heavy atom. The van der Waals surface area contributed by atoms with E-state index in [9.17, 15) is 9.59 Å². The average Bonchev–Trinajstić information content (AvgIpc) is 3.61. The first-order valence-electron chi connectivity index (χ1n) is 13.2. The van der Waals surface area contributed by atoms with Crippen LogP contribution in [0.5, 0.6) is 5.75 Å². The molecule has 0 fully saturated rings. The highest BCUT2D eigenvalue weighted by molar-refractivity contribution is 7.07. The van der Waals surface area contributed by atoms with Gasteiger partial charge in [0.25, 0.3) is 5.56 Å². The van der Waals surface area contributed by atoms with Gasteiger partial charge in [0.15, 0.2) is 4.80 Å². The molecule has 7 nitrogen and oxygen atoms in total. The van der Waals surface area contributed by atoms with Crippen molar-refractivity contribution in [3.63, 3.8) is 0 Å². The van der Waals surface area contributed by atoms with E-state index in [1.54, 1.807) is 48.9 Å². The lowest BCUT2D eigenvalue weighted by Gasteiger charge is -2.26. The third-order valence-electron chi connectivity index (χ3n) is 6.83. The van der Waals surface area contributed by atoms with Crippen molar-refractivity contribution in [1.82, 2.24) is 4.57 Å². The van der Waals surface area contributed by atoms with Crippen LogP contribution in [0.3, 0.4) is 0 Å². The minimum atomic E-state index is -0.773. The molecular formula is C33H25ClN2O5S. The Balaban J connectivity index is 1.55. The topological polar surface area (TPSA) is 83.0 Å². The predicted molar refractivity (Wildman–Crippen MR) is 163 cm³/mol. The van der Waals surface area contributed by atoms with E-state index in [2.05, 4.69) is 0 Å². The van der Waals surface area contributed by atoms with Gasteiger partial charge in [0.05, 0.1) is 35.6 Å². The molecule has 2 aromatic heterocycles. The summed E-state index contributed by atoms with van der Waals surface area (Å²) in [6.45, 7) is 1.93. The van der Waals surface area contributed by atoms with Gasteiger partial charge in [0.1, 0.15) is 17.3 Å². The van der Waals surface area contributed by atoms with Crippen LogP contribution < -0.4 is 19.6 Å². The van der Waals surface area contributed by atoms with Crippen LogP contribution in [0.15, 0.2) is 111 Å². The number of hydrogen-bond donors (Lipinski definition) is 0. The maximum absolute atomic E-state index is 14.0. The molecule has 0 radical (unpaired) electrons. The lowest BCUT2D eigenvalue weighted by atomic mass is 9.93. The van der Waals surface area contributed by atoms with Crippen molar-refractivity contribution >= 4 is 40.7 Å². The Morgan fingerprint density at radius 3 is 2.43 bits per heavy atom. The van der Waals surface area contributed by atoms with Gasteiger partial charge in [-0.3, -0.25) is 9.36 Å². The molecule has 0 amide bonds. The van der Waals surface area contributed by atoms with Crippen LogP contribution in [0.25, 0.3) is 23.1 Å². The Morgan fingerprint density at radius 2 is 1.74 bits per heavy atom. The zero-order valence-electron chi connectivity index (χ0n) is 22.7. The number of ether oxygens (including phenoxy) is 2. The van der Waals surface area contributed by atoms with E-state index in [1.165, 1.54) is 11.3 Å². The second-order valence-electron chi connectivity index (χ2n) is 9.41. The highest BCUT2D eigenvalue weighted by atomic mass is 35.5. The summed E-state index contributed by atoms with van der Waals surface area (Å²) in [5.74, 6) is 1.29. The van der Waals surface area contributed by atoms with Crippen molar-refractivity contribution in [3.8, 4) is 17.1 Å². The number of methoxy groups -OCH3 is 1. The van der Waals surface area contributed by atoms with Crippen LogP contribution in [-0.2, 0) is 9.53 Å². The molecule has 0 aliphatic carbocycles. The number of halogens is 1. The monoisotopic (exact) mass is 596 g/mol. The van der Waals surface area contributed by atoms with Crippen molar-refractivity contribution in [3.05, 3.63) is 138 Å². The molecular weight excluding hydrogens is 572 g/mol. The minimum absolute atomic E-state index is 0.179.